The lowest BCUT2D eigenvalue weighted by atomic mass is 9.78. The highest BCUT2D eigenvalue weighted by atomic mass is 35.5. The zero-order chi connectivity index (χ0) is 39.7. The standard InChI is InChI=1S/C41H57ClN2O9S/c1-8-33-41(7,51)37(47)25(5)44(21-22(2)20-40(6,50)36(46)23(3)34(45)24(4)39(49)53-33)17-11-16-43-38(48)32-19-28-27-12-9-10-13-30(27)52-31-15-14-26(42)18-29(31)35(28)54-32/h9-10,12-15,18-19,22-25,33-34,36-38,43,45-48,50-51H,8,11,16-17,20-21H2,1-7H3/t22-,23+,24?,25?,33-,34+,36-,37?,38?,40-,41-/m1/s1. The van der Waals surface area contributed by atoms with Crippen LogP contribution in [0.4, 0.5) is 0 Å². The van der Waals surface area contributed by atoms with Gasteiger partial charge in [-0.2, -0.15) is 0 Å². The third kappa shape index (κ3) is 8.99. The molecule has 0 aliphatic carbocycles. The van der Waals surface area contributed by atoms with Crippen molar-refractivity contribution in [3.05, 3.63) is 58.4 Å². The van der Waals surface area contributed by atoms with Crippen LogP contribution in [-0.2, 0) is 9.53 Å². The van der Waals surface area contributed by atoms with Crippen LogP contribution in [0.2, 0.25) is 5.02 Å². The van der Waals surface area contributed by atoms with Crippen LogP contribution in [0.1, 0.15) is 78.8 Å². The Morgan fingerprint density at radius 2 is 1.67 bits per heavy atom. The molecule has 1 fully saturated rings. The van der Waals surface area contributed by atoms with Gasteiger partial charge in [-0.05, 0) is 96.3 Å². The lowest BCUT2D eigenvalue weighted by molar-refractivity contribution is -0.193. The molecule has 0 bridgehead atoms. The van der Waals surface area contributed by atoms with Crippen molar-refractivity contribution < 1.29 is 44.9 Å². The highest BCUT2D eigenvalue weighted by Crippen LogP contribution is 2.51. The molecule has 2 aromatic carbocycles. The number of para-hydroxylation sites is 1. The first-order valence-electron chi connectivity index (χ1n) is 18.9. The summed E-state index contributed by atoms with van der Waals surface area (Å²) in [6, 6.07) is 14.6. The predicted octanol–water partition coefficient (Wildman–Crippen LogP) is 5.72. The summed E-state index contributed by atoms with van der Waals surface area (Å²) in [5, 5.41) is 72.2. The molecule has 11 atom stereocenters. The van der Waals surface area contributed by atoms with Crippen molar-refractivity contribution in [2.24, 2.45) is 17.8 Å². The van der Waals surface area contributed by atoms with E-state index in [1.165, 1.54) is 32.1 Å². The molecule has 11 nitrogen and oxygen atoms in total. The van der Waals surface area contributed by atoms with Gasteiger partial charge in [-0.3, -0.25) is 15.0 Å². The number of cyclic esters (lactones) is 1. The largest absolute Gasteiger partial charge is 0.459 e. The molecule has 2 aliphatic rings. The Morgan fingerprint density at radius 1 is 0.981 bits per heavy atom. The Hall–Kier alpha value is -2.62. The molecule has 2 aliphatic heterocycles. The molecule has 1 aromatic heterocycles. The molecule has 0 radical (unpaired) electrons. The second-order valence-corrected chi connectivity index (χ2v) is 17.4. The SMILES string of the molecule is CC[C@H]1OC(=O)C(C)[C@@H](O)[C@H](C)[C@@H](O)[C@](C)(O)C[C@@H](C)CN(CCCNC(O)c2cc3c(s2)-c2cc(Cl)ccc2Oc2ccccc2-3)C(C)C(O)[C@]1(C)O. The number of nitrogens with zero attached hydrogens (tertiary/aromatic N) is 1. The quantitative estimate of drug-likeness (QED) is 0.0694. The van der Waals surface area contributed by atoms with Crippen molar-refractivity contribution in [3.8, 4) is 33.1 Å². The summed E-state index contributed by atoms with van der Waals surface area (Å²) >= 11 is 7.86. The Balaban J connectivity index is 1.34. The Morgan fingerprint density at radius 3 is 2.37 bits per heavy atom. The predicted molar refractivity (Wildman–Crippen MR) is 210 cm³/mol. The van der Waals surface area contributed by atoms with Crippen molar-refractivity contribution in [1.82, 2.24) is 10.2 Å². The molecule has 0 spiro atoms. The number of fused-ring (bicyclic) bond motifs is 5. The van der Waals surface area contributed by atoms with Gasteiger partial charge in [-0.1, -0.05) is 50.6 Å². The van der Waals surface area contributed by atoms with Crippen molar-refractivity contribution in [1.29, 1.82) is 0 Å². The van der Waals surface area contributed by atoms with Gasteiger partial charge >= 0.3 is 5.97 Å². The van der Waals surface area contributed by atoms with Gasteiger partial charge in [0.1, 0.15) is 35.5 Å². The number of aliphatic hydroxyl groups excluding tert-OH is 4. The molecule has 4 unspecified atom stereocenters. The Labute approximate surface area is 327 Å². The first-order valence-corrected chi connectivity index (χ1v) is 20.1. The van der Waals surface area contributed by atoms with Gasteiger partial charge in [0.2, 0.25) is 0 Å². The summed E-state index contributed by atoms with van der Waals surface area (Å²) in [5.41, 5.74) is -0.745. The average molecular weight is 789 g/mol. The Kier molecular flexibility index (Phi) is 13.6. The number of esters is 1. The molecule has 0 saturated carbocycles. The first-order chi connectivity index (χ1) is 25.4. The highest BCUT2D eigenvalue weighted by Gasteiger charge is 2.47. The lowest BCUT2D eigenvalue weighted by Gasteiger charge is -2.43. The molecule has 5 rings (SSSR count). The molecule has 0 amide bonds. The van der Waals surface area contributed by atoms with E-state index in [4.69, 9.17) is 21.1 Å². The number of ether oxygens (including phenoxy) is 2. The van der Waals surface area contributed by atoms with Crippen LogP contribution in [0, 0.1) is 17.8 Å². The summed E-state index contributed by atoms with van der Waals surface area (Å²) in [7, 11) is 0. The van der Waals surface area contributed by atoms with E-state index in [0.29, 0.717) is 42.6 Å². The smallest absolute Gasteiger partial charge is 0.311 e. The molecule has 7 N–H and O–H groups in total. The van der Waals surface area contributed by atoms with E-state index >= 15 is 0 Å². The van der Waals surface area contributed by atoms with Gasteiger partial charge in [-0.25, -0.2) is 0 Å². The number of aliphatic hydroxyl groups is 6. The minimum Gasteiger partial charge on any atom is -0.459 e. The number of nitrogens with one attached hydrogen (secondary N) is 1. The van der Waals surface area contributed by atoms with Crippen molar-refractivity contribution in [2.75, 3.05) is 19.6 Å². The number of halogens is 1. The molecule has 54 heavy (non-hydrogen) atoms. The van der Waals surface area contributed by atoms with Crippen molar-refractivity contribution in [3.63, 3.8) is 0 Å². The summed E-state index contributed by atoms with van der Waals surface area (Å²) in [5.74, 6) is -1.50. The van der Waals surface area contributed by atoms with Crippen LogP contribution >= 0.6 is 22.9 Å². The number of hydrogen-bond donors (Lipinski definition) is 7. The zero-order valence-electron chi connectivity index (χ0n) is 32.2. The van der Waals surface area contributed by atoms with Crippen LogP contribution in [-0.4, -0.2) is 103 Å². The third-order valence-electron chi connectivity index (χ3n) is 11.3. The fourth-order valence-electron chi connectivity index (χ4n) is 8.07. The van der Waals surface area contributed by atoms with E-state index in [2.05, 4.69) is 5.32 Å². The number of benzene rings is 2. The summed E-state index contributed by atoms with van der Waals surface area (Å²) < 4.78 is 12.0. The summed E-state index contributed by atoms with van der Waals surface area (Å²) in [6.07, 6.45) is -5.14. The molecule has 3 aromatic rings. The summed E-state index contributed by atoms with van der Waals surface area (Å²) in [6.45, 7) is 12.8. The second kappa shape index (κ2) is 17.3. The molecule has 13 heteroatoms. The van der Waals surface area contributed by atoms with Crippen LogP contribution in [0.15, 0.2) is 48.5 Å². The summed E-state index contributed by atoms with van der Waals surface area (Å²) in [4.78, 5) is 16.9. The highest BCUT2D eigenvalue weighted by molar-refractivity contribution is 7.16. The van der Waals surface area contributed by atoms with Crippen molar-refractivity contribution in [2.45, 2.75) is 116 Å². The van der Waals surface area contributed by atoms with E-state index in [-0.39, 0.29) is 18.8 Å². The lowest BCUT2D eigenvalue weighted by Crippen LogP contribution is -2.59. The van der Waals surface area contributed by atoms with E-state index < -0.39 is 65.7 Å². The maximum absolute atomic E-state index is 13.2. The van der Waals surface area contributed by atoms with Crippen LogP contribution in [0.3, 0.4) is 0 Å². The van der Waals surface area contributed by atoms with E-state index in [0.717, 1.165) is 26.4 Å². The molecule has 1 saturated heterocycles. The second-order valence-electron chi connectivity index (χ2n) is 15.8. The topological polar surface area (TPSA) is 172 Å². The van der Waals surface area contributed by atoms with E-state index in [9.17, 15) is 35.4 Å². The maximum Gasteiger partial charge on any atom is 0.311 e. The first kappa shape index (κ1) is 42.5. The molecular formula is C41H57ClN2O9S. The minimum absolute atomic E-state index is 0.167. The number of rotatable bonds is 7. The fourth-order valence-corrected chi connectivity index (χ4v) is 9.40. The van der Waals surface area contributed by atoms with E-state index in [1.54, 1.807) is 26.8 Å². The van der Waals surface area contributed by atoms with Crippen LogP contribution in [0.25, 0.3) is 21.6 Å². The maximum atomic E-state index is 13.2. The van der Waals surface area contributed by atoms with Gasteiger partial charge in [0.25, 0.3) is 0 Å². The van der Waals surface area contributed by atoms with Gasteiger partial charge in [-0.15, -0.1) is 11.3 Å². The normalized spacial score (nSPS) is 33.2. The van der Waals surface area contributed by atoms with Crippen LogP contribution in [0.5, 0.6) is 11.5 Å². The van der Waals surface area contributed by atoms with Crippen molar-refractivity contribution >= 4 is 28.9 Å². The number of hydrogen-bond acceptors (Lipinski definition) is 12. The van der Waals surface area contributed by atoms with Gasteiger partial charge in [0.15, 0.2) is 0 Å². The fraction of sp³-hybridized carbons (Fsp3) is 0.585. The minimum atomic E-state index is -1.84. The third-order valence-corrected chi connectivity index (χ3v) is 12.8. The molecular weight excluding hydrogens is 732 g/mol. The monoisotopic (exact) mass is 788 g/mol. The average Bonchev–Trinajstić information content (AvgIpc) is 3.53. The number of thiophene rings is 1. The van der Waals surface area contributed by atoms with Crippen LogP contribution < -0.4 is 10.1 Å². The number of carbonyl (C=O) groups is 1. The number of carbonyl (C=O) groups excluding carboxylic acids is 1. The molecule has 3 heterocycles. The Bertz CT molecular complexity index is 1750. The van der Waals surface area contributed by atoms with Gasteiger partial charge in [0.05, 0.1) is 23.7 Å². The van der Waals surface area contributed by atoms with Gasteiger partial charge in [0, 0.05) is 50.0 Å². The zero-order valence-corrected chi connectivity index (χ0v) is 33.8. The molecule has 298 valence electrons. The van der Waals surface area contributed by atoms with Gasteiger partial charge < -0.3 is 40.1 Å². The van der Waals surface area contributed by atoms with E-state index in [1.807, 2.05) is 54.3 Å².